The fourth-order valence-electron chi connectivity index (χ4n) is 2.64. The Morgan fingerprint density at radius 2 is 2.07 bits per heavy atom. The molecule has 0 radical (unpaired) electrons. The molecule has 0 bridgehead atoms. The van der Waals surface area contributed by atoms with Crippen LogP contribution in [0.25, 0.3) is 10.4 Å². The molecule has 7 nitrogen and oxygen atoms in total. The monoisotopic (exact) mass is 526 g/mol. The zero-order chi connectivity index (χ0) is 21.4. The van der Waals surface area contributed by atoms with Crippen molar-refractivity contribution >= 4 is 54.4 Å². The van der Waals surface area contributed by atoms with E-state index in [1.807, 2.05) is 32.2 Å². The SMILES string of the molecule is C=C(CNCCNC)Nc1nc(C)c(-c2ccc(/C(I)=N\C)c(NC(C)=O)c2)s1. The molecule has 0 spiro atoms. The van der Waals surface area contributed by atoms with Gasteiger partial charge >= 0.3 is 0 Å². The largest absolute Gasteiger partial charge is 0.334 e. The van der Waals surface area contributed by atoms with Crippen molar-refractivity contribution < 1.29 is 4.79 Å². The first-order chi connectivity index (χ1) is 13.8. The van der Waals surface area contributed by atoms with Crippen molar-refractivity contribution in [2.45, 2.75) is 13.8 Å². The number of carbonyl (C=O) groups is 1. The summed E-state index contributed by atoms with van der Waals surface area (Å²) in [6.07, 6.45) is 0. The molecule has 0 aliphatic carbocycles. The van der Waals surface area contributed by atoms with Crippen LogP contribution in [-0.2, 0) is 4.79 Å². The summed E-state index contributed by atoms with van der Waals surface area (Å²) in [6, 6.07) is 5.98. The number of amides is 1. The lowest BCUT2D eigenvalue weighted by atomic mass is 10.1. The minimum atomic E-state index is -0.117. The Morgan fingerprint density at radius 3 is 2.72 bits per heavy atom. The fourth-order valence-corrected chi connectivity index (χ4v) is 4.12. The van der Waals surface area contributed by atoms with Gasteiger partial charge in [-0.1, -0.05) is 24.0 Å². The van der Waals surface area contributed by atoms with Gasteiger partial charge in [0.2, 0.25) is 5.91 Å². The van der Waals surface area contributed by atoms with Crippen LogP contribution in [0.3, 0.4) is 0 Å². The molecule has 1 heterocycles. The first-order valence-electron chi connectivity index (χ1n) is 9.18. The summed E-state index contributed by atoms with van der Waals surface area (Å²) in [7, 11) is 3.66. The Bertz CT molecular complexity index is 908. The Kier molecular flexibility index (Phi) is 9.21. The molecule has 0 saturated heterocycles. The van der Waals surface area contributed by atoms with Crippen LogP contribution >= 0.6 is 33.9 Å². The van der Waals surface area contributed by atoms with Gasteiger partial charge in [-0.05, 0) is 54.3 Å². The van der Waals surface area contributed by atoms with E-state index in [1.54, 1.807) is 18.4 Å². The van der Waals surface area contributed by atoms with E-state index in [9.17, 15) is 4.79 Å². The van der Waals surface area contributed by atoms with Gasteiger partial charge in [0.1, 0.15) is 3.72 Å². The first-order valence-corrected chi connectivity index (χ1v) is 11.1. The van der Waals surface area contributed by atoms with E-state index in [0.717, 1.165) is 55.0 Å². The minimum Gasteiger partial charge on any atom is -0.334 e. The highest BCUT2D eigenvalue weighted by atomic mass is 127. The molecule has 1 amide bonds. The topological polar surface area (TPSA) is 90.4 Å². The summed E-state index contributed by atoms with van der Waals surface area (Å²) in [5, 5.41) is 13.4. The molecular weight excluding hydrogens is 499 g/mol. The summed E-state index contributed by atoms with van der Waals surface area (Å²) in [5.41, 5.74) is 4.43. The summed E-state index contributed by atoms with van der Waals surface area (Å²) >= 11 is 3.73. The average molecular weight is 526 g/mol. The number of likely N-dealkylation sites (N-methyl/N-ethyl adjacent to an activating group) is 1. The number of anilines is 2. The molecule has 156 valence electrons. The Morgan fingerprint density at radius 1 is 1.31 bits per heavy atom. The predicted molar refractivity (Wildman–Crippen MR) is 133 cm³/mol. The fraction of sp³-hybridized carbons (Fsp3) is 0.350. The Hall–Kier alpha value is -1.82. The number of halogens is 1. The number of carbonyl (C=O) groups excluding carboxylic acids is 1. The minimum absolute atomic E-state index is 0.117. The number of aromatic nitrogens is 1. The zero-order valence-electron chi connectivity index (χ0n) is 17.1. The number of nitrogens with one attached hydrogen (secondary N) is 4. The second kappa shape index (κ2) is 11.4. The van der Waals surface area contributed by atoms with Gasteiger partial charge in [0.25, 0.3) is 0 Å². The van der Waals surface area contributed by atoms with E-state index in [0.29, 0.717) is 6.54 Å². The lowest BCUT2D eigenvalue weighted by molar-refractivity contribution is -0.114. The highest BCUT2D eigenvalue weighted by Crippen LogP contribution is 2.35. The first kappa shape index (κ1) is 23.5. The van der Waals surface area contributed by atoms with E-state index < -0.39 is 0 Å². The smallest absolute Gasteiger partial charge is 0.221 e. The standard InChI is InChI=1S/C20H27IN6OS/c1-12(11-24-9-8-22-4)25-20-26-13(2)18(29-20)15-6-7-16(19(21)23-5)17(10-15)27-14(3)28/h6-7,10,22,24H,1,8-9,11H2,2-5H3,(H,25,26)(H,27,28)/b23-19+. The van der Waals surface area contributed by atoms with Crippen molar-refractivity contribution in [3.05, 3.63) is 41.7 Å². The number of hydrogen-bond donors (Lipinski definition) is 4. The molecule has 0 saturated carbocycles. The number of aryl methyl sites for hydroxylation is 1. The van der Waals surface area contributed by atoms with E-state index in [2.05, 4.69) is 60.4 Å². The summed E-state index contributed by atoms with van der Waals surface area (Å²) in [4.78, 5) is 21.6. The number of nitrogens with zero attached hydrogens (tertiary/aromatic N) is 2. The molecule has 0 fully saturated rings. The van der Waals surface area contributed by atoms with Crippen LogP contribution < -0.4 is 21.3 Å². The second-order valence-corrected chi connectivity index (χ2v) is 8.42. The van der Waals surface area contributed by atoms with Crippen molar-refractivity contribution in [3.8, 4) is 10.4 Å². The normalized spacial score (nSPS) is 11.4. The third-order valence-electron chi connectivity index (χ3n) is 3.98. The molecule has 1 aromatic heterocycles. The van der Waals surface area contributed by atoms with Gasteiger partial charge in [-0.25, -0.2) is 4.98 Å². The quantitative estimate of drug-likeness (QED) is 0.216. The summed E-state index contributed by atoms with van der Waals surface area (Å²) < 4.78 is 0.836. The van der Waals surface area contributed by atoms with Crippen LogP contribution in [0.2, 0.25) is 0 Å². The lowest BCUT2D eigenvalue weighted by Gasteiger charge is -2.11. The molecule has 0 aliphatic heterocycles. The van der Waals surface area contributed by atoms with Crippen molar-refractivity contribution in [1.82, 2.24) is 15.6 Å². The molecular formula is C20H27IN6OS. The Balaban J connectivity index is 2.22. The maximum Gasteiger partial charge on any atom is 0.221 e. The third-order valence-corrected chi connectivity index (χ3v) is 6.17. The van der Waals surface area contributed by atoms with Gasteiger partial charge < -0.3 is 21.3 Å². The summed E-state index contributed by atoms with van der Waals surface area (Å²) in [5.74, 6) is -0.117. The molecule has 0 atom stereocenters. The van der Waals surface area contributed by atoms with Crippen LogP contribution in [0.4, 0.5) is 10.8 Å². The molecule has 29 heavy (non-hydrogen) atoms. The predicted octanol–water partition coefficient (Wildman–Crippen LogP) is 3.62. The van der Waals surface area contributed by atoms with E-state index in [1.165, 1.54) is 6.92 Å². The van der Waals surface area contributed by atoms with Gasteiger partial charge in [-0.2, -0.15) is 0 Å². The van der Waals surface area contributed by atoms with Gasteiger partial charge in [0.15, 0.2) is 5.13 Å². The maximum atomic E-state index is 11.7. The molecule has 0 unspecified atom stereocenters. The molecule has 4 N–H and O–H groups in total. The van der Waals surface area contributed by atoms with Crippen molar-refractivity contribution in [3.63, 3.8) is 0 Å². The molecule has 0 aliphatic rings. The van der Waals surface area contributed by atoms with Crippen molar-refractivity contribution in [2.24, 2.45) is 4.99 Å². The highest BCUT2D eigenvalue weighted by molar-refractivity contribution is 14.1. The molecule has 9 heteroatoms. The number of thiazole rings is 1. The van der Waals surface area contributed by atoms with Gasteiger partial charge in [0, 0.05) is 44.9 Å². The molecule has 1 aromatic carbocycles. The van der Waals surface area contributed by atoms with Crippen LogP contribution in [0, 0.1) is 6.92 Å². The van der Waals surface area contributed by atoms with Crippen LogP contribution in [0.5, 0.6) is 0 Å². The van der Waals surface area contributed by atoms with Gasteiger partial charge in [-0.3, -0.25) is 9.79 Å². The van der Waals surface area contributed by atoms with E-state index in [-0.39, 0.29) is 5.91 Å². The third kappa shape index (κ3) is 6.88. The number of rotatable bonds is 10. The lowest BCUT2D eigenvalue weighted by Crippen LogP contribution is -2.27. The second-order valence-electron chi connectivity index (χ2n) is 6.40. The van der Waals surface area contributed by atoms with Crippen molar-refractivity contribution in [1.29, 1.82) is 0 Å². The maximum absolute atomic E-state index is 11.7. The van der Waals surface area contributed by atoms with Gasteiger partial charge in [0.05, 0.1) is 16.3 Å². The molecule has 2 rings (SSSR count). The van der Waals surface area contributed by atoms with Gasteiger partial charge in [-0.15, -0.1) is 0 Å². The molecule has 2 aromatic rings. The number of benzene rings is 1. The highest BCUT2D eigenvalue weighted by Gasteiger charge is 2.14. The van der Waals surface area contributed by atoms with Crippen molar-refractivity contribution in [2.75, 3.05) is 44.4 Å². The van der Waals surface area contributed by atoms with Crippen LogP contribution in [0.1, 0.15) is 18.2 Å². The number of aliphatic imine (C=N–C) groups is 1. The van der Waals surface area contributed by atoms with E-state index >= 15 is 0 Å². The zero-order valence-corrected chi connectivity index (χ0v) is 20.1. The van der Waals surface area contributed by atoms with Crippen LogP contribution in [0.15, 0.2) is 35.5 Å². The number of hydrogen-bond acceptors (Lipinski definition) is 7. The average Bonchev–Trinajstić information content (AvgIpc) is 3.04. The Labute approximate surface area is 189 Å². The van der Waals surface area contributed by atoms with E-state index in [4.69, 9.17) is 0 Å². The summed E-state index contributed by atoms with van der Waals surface area (Å²) in [6.45, 7) is 9.99. The van der Waals surface area contributed by atoms with Crippen LogP contribution in [-0.4, -0.2) is 48.3 Å².